The molecule has 0 saturated heterocycles. The second-order valence-electron chi connectivity index (χ2n) is 6.84. The van der Waals surface area contributed by atoms with Crippen LogP contribution in [0, 0.1) is 6.92 Å². The molecule has 0 saturated carbocycles. The minimum atomic E-state index is -3.52. The molecule has 5 nitrogen and oxygen atoms in total. The number of fused-ring (bicyclic) bond motifs is 3. The van der Waals surface area contributed by atoms with E-state index in [1.165, 1.54) is 5.56 Å². The summed E-state index contributed by atoms with van der Waals surface area (Å²) in [5.41, 5.74) is 5.24. The van der Waals surface area contributed by atoms with Gasteiger partial charge < -0.3 is 13.8 Å². The topological polar surface area (TPSA) is 57.7 Å². The highest BCUT2D eigenvalue weighted by molar-refractivity contribution is 7.62. The monoisotopic (exact) mass is 409 g/mol. The van der Waals surface area contributed by atoms with Crippen molar-refractivity contribution in [1.29, 1.82) is 0 Å². The minimum Gasteiger partial charge on any atom is -0.488 e. The van der Waals surface area contributed by atoms with Crippen LogP contribution in [-0.2, 0) is 20.2 Å². The molecule has 0 atom stereocenters. The Hall–Kier alpha value is -2.46. The fourth-order valence-corrected chi connectivity index (χ4v) is 5.31. The first-order chi connectivity index (χ1) is 14.1. The van der Waals surface area contributed by atoms with Crippen LogP contribution >= 0.6 is 7.60 Å². The highest BCUT2D eigenvalue weighted by Gasteiger charge is 2.34. The normalized spacial score (nSPS) is 12.8. The molecular formula is C23H24NO4P. The van der Waals surface area contributed by atoms with E-state index in [1.807, 2.05) is 75.4 Å². The number of hydrogen-bond donors (Lipinski definition) is 0. The summed E-state index contributed by atoms with van der Waals surface area (Å²) < 4.78 is 31.0. The van der Waals surface area contributed by atoms with E-state index in [2.05, 4.69) is 0 Å². The molecular weight excluding hydrogens is 385 g/mol. The predicted molar refractivity (Wildman–Crippen MR) is 115 cm³/mol. The molecule has 29 heavy (non-hydrogen) atoms. The maximum Gasteiger partial charge on any atom is 0.361 e. The molecule has 6 heteroatoms. The number of nitrogens with zero attached hydrogens (tertiary/aromatic N) is 1. The van der Waals surface area contributed by atoms with E-state index in [0.717, 1.165) is 33.8 Å². The number of para-hydroxylation sites is 1. The average molecular weight is 409 g/mol. The van der Waals surface area contributed by atoms with E-state index in [1.54, 1.807) is 0 Å². The van der Waals surface area contributed by atoms with Gasteiger partial charge in [0, 0.05) is 16.7 Å². The van der Waals surface area contributed by atoms with E-state index >= 15 is 0 Å². The van der Waals surface area contributed by atoms with Crippen molar-refractivity contribution in [2.75, 3.05) is 13.2 Å². The average Bonchev–Trinajstić information content (AvgIpc) is 2.73. The maximum absolute atomic E-state index is 13.7. The standard InChI is InChI=1S/C23H24NO4P/c1-4-27-29(25,28-5-2)22-14-20(17-12-10-16(3)11-13-17)24-23-18-8-6-7-9-21(18)26-15-19(22)23/h6-14H,4-5,15H2,1-3H3. The Bertz CT molecular complexity index is 1070. The first-order valence-corrected chi connectivity index (χ1v) is 11.3. The van der Waals surface area contributed by atoms with Crippen LogP contribution in [0.25, 0.3) is 22.5 Å². The van der Waals surface area contributed by atoms with Crippen LogP contribution in [0.4, 0.5) is 0 Å². The second kappa shape index (κ2) is 8.11. The number of rotatable bonds is 6. The molecule has 0 fully saturated rings. The summed E-state index contributed by atoms with van der Waals surface area (Å²) in [5.74, 6) is 0.766. The summed E-state index contributed by atoms with van der Waals surface area (Å²) >= 11 is 0. The van der Waals surface area contributed by atoms with Crippen LogP contribution < -0.4 is 10.0 Å². The lowest BCUT2D eigenvalue weighted by atomic mass is 10.0. The van der Waals surface area contributed by atoms with Gasteiger partial charge in [-0.3, -0.25) is 4.57 Å². The van der Waals surface area contributed by atoms with Crippen molar-refractivity contribution in [2.24, 2.45) is 0 Å². The van der Waals surface area contributed by atoms with Crippen LogP contribution in [0.1, 0.15) is 25.0 Å². The summed E-state index contributed by atoms with van der Waals surface area (Å²) in [7, 11) is -3.52. The Kier molecular flexibility index (Phi) is 5.55. The van der Waals surface area contributed by atoms with Gasteiger partial charge in [0.05, 0.1) is 29.9 Å². The number of ether oxygens (including phenoxy) is 1. The molecule has 150 valence electrons. The van der Waals surface area contributed by atoms with E-state index in [4.69, 9.17) is 18.8 Å². The summed E-state index contributed by atoms with van der Waals surface area (Å²) in [5, 5.41) is 0.524. The van der Waals surface area contributed by atoms with Gasteiger partial charge in [-0.05, 0) is 39.0 Å². The Balaban J connectivity index is 1.99. The van der Waals surface area contributed by atoms with Gasteiger partial charge >= 0.3 is 7.60 Å². The van der Waals surface area contributed by atoms with Gasteiger partial charge in [0.2, 0.25) is 0 Å². The zero-order valence-corrected chi connectivity index (χ0v) is 17.7. The van der Waals surface area contributed by atoms with Crippen molar-refractivity contribution in [3.63, 3.8) is 0 Å². The molecule has 2 aromatic carbocycles. The Morgan fingerprint density at radius 3 is 2.41 bits per heavy atom. The highest BCUT2D eigenvalue weighted by Crippen LogP contribution is 2.50. The highest BCUT2D eigenvalue weighted by atomic mass is 31.2. The van der Waals surface area contributed by atoms with E-state index in [9.17, 15) is 4.57 Å². The molecule has 0 aliphatic carbocycles. The first-order valence-electron chi connectivity index (χ1n) is 9.78. The first kappa shape index (κ1) is 19.8. The third-order valence-corrected chi connectivity index (χ3v) is 7.04. The van der Waals surface area contributed by atoms with E-state index in [-0.39, 0.29) is 19.8 Å². The molecule has 1 aliphatic heterocycles. The van der Waals surface area contributed by atoms with Crippen molar-refractivity contribution < 1.29 is 18.3 Å². The molecule has 0 amide bonds. The third kappa shape index (κ3) is 3.74. The molecule has 2 heterocycles. The van der Waals surface area contributed by atoms with Crippen molar-refractivity contribution in [1.82, 2.24) is 4.98 Å². The minimum absolute atomic E-state index is 0.271. The lowest BCUT2D eigenvalue weighted by molar-refractivity contribution is 0.229. The number of pyridine rings is 1. The quantitative estimate of drug-likeness (QED) is 0.503. The molecule has 0 N–H and O–H groups in total. The Morgan fingerprint density at radius 2 is 1.72 bits per heavy atom. The number of aryl methyl sites for hydroxylation is 1. The van der Waals surface area contributed by atoms with Crippen LogP contribution in [0.3, 0.4) is 0 Å². The second-order valence-corrected chi connectivity index (χ2v) is 8.83. The van der Waals surface area contributed by atoms with Crippen LogP contribution in [-0.4, -0.2) is 18.2 Å². The van der Waals surface area contributed by atoms with Gasteiger partial charge in [-0.25, -0.2) is 4.98 Å². The SMILES string of the molecule is CCOP(=O)(OCC)c1cc(-c2ccc(C)cc2)nc2c1COc1ccccc1-2. The fraction of sp³-hybridized carbons (Fsp3) is 0.261. The van der Waals surface area contributed by atoms with Gasteiger partial charge in [0.1, 0.15) is 12.4 Å². The molecule has 0 unspecified atom stereocenters. The molecule has 1 aromatic heterocycles. The predicted octanol–water partition coefficient (Wildman–Crippen LogP) is 5.51. The van der Waals surface area contributed by atoms with Crippen molar-refractivity contribution in [2.45, 2.75) is 27.4 Å². The zero-order valence-electron chi connectivity index (χ0n) is 16.8. The third-order valence-electron chi connectivity index (χ3n) is 4.86. The van der Waals surface area contributed by atoms with Crippen molar-refractivity contribution >= 4 is 12.9 Å². The Morgan fingerprint density at radius 1 is 1.03 bits per heavy atom. The lowest BCUT2D eigenvalue weighted by Crippen LogP contribution is -2.22. The molecule has 0 bridgehead atoms. The summed E-state index contributed by atoms with van der Waals surface area (Å²) in [4.78, 5) is 4.94. The van der Waals surface area contributed by atoms with Gasteiger partial charge in [0.15, 0.2) is 0 Å². The van der Waals surface area contributed by atoms with Gasteiger partial charge in [-0.2, -0.15) is 0 Å². The van der Waals surface area contributed by atoms with Crippen LogP contribution in [0.5, 0.6) is 5.75 Å². The van der Waals surface area contributed by atoms with Gasteiger partial charge in [-0.15, -0.1) is 0 Å². The molecule has 1 aliphatic rings. The maximum atomic E-state index is 13.7. The summed E-state index contributed by atoms with van der Waals surface area (Å²) in [6, 6.07) is 17.7. The Labute approximate surface area is 171 Å². The van der Waals surface area contributed by atoms with Gasteiger partial charge in [0.25, 0.3) is 0 Å². The largest absolute Gasteiger partial charge is 0.488 e. The van der Waals surface area contributed by atoms with Crippen molar-refractivity contribution in [3.8, 4) is 28.3 Å². The molecule has 0 spiro atoms. The number of hydrogen-bond acceptors (Lipinski definition) is 5. The van der Waals surface area contributed by atoms with Crippen molar-refractivity contribution in [3.05, 3.63) is 65.7 Å². The molecule has 4 rings (SSSR count). The molecule has 3 aromatic rings. The lowest BCUT2D eigenvalue weighted by Gasteiger charge is -2.26. The van der Waals surface area contributed by atoms with Crippen LogP contribution in [0.2, 0.25) is 0 Å². The smallest absolute Gasteiger partial charge is 0.361 e. The van der Waals surface area contributed by atoms with Crippen LogP contribution in [0.15, 0.2) is 54.6 Å². The van der Waals surface area contributed by atoms with E-state index < -0.39 is 7.60 Å². The fourth-order valence-electron chi connectivity index (χ4n) is 3.49. The zero-order chi connectivity index (χ0) is 20.4. The van der Waals surface area contributed by atoms with Gasteiger partial charge in [-0.1, -0.05) is 42.0 Å². The van der Waals surface area contributed by atoms with E-state index in [0.29, 0.717) is 5.30 Å². The number of aromatic nitrogens is 1. The number of benzene rings is 2. The molecule has 0 radical (unpaired) electrons. The summed E-state index contributed by atoms with van der Waals surface area (Å²) in [6.45, 7) is 6.50. The summed E-state index contributed by atoms with van der Waals surface area (Å²) in [6.07, 6.45) is 0.